The molecule has 0 spiro atoms. The van der Waals surface area contributed by atoms with Gasteiger partial charge in [0.2, 0.25) is 11.6 Å². The molecule has 3 aromatic rings. The number of nitrogens with one attached hydrogen (secondary N) is 1. The van der Waals surface area contributed by atoms with Crippen LogP contribution in [0, 0.1) is 5.82 Å². The molecular weight excluding hydrogens is 409 g/mol. The Morgan fingerprint density at radius 1 is 0.969 bits per heavy atom. The molecule has 2 heterocycles. The molecular formula is C25H20FN3O3. The van der Waals surface area contributed by atoms with Crippen LogP contribution >= 0.6 is 0 Å². The molecule has 6 nitrogen and oxygen atoms in total. The van der Waals surface area contributed by atoms with E-state index in [-0.39, 0.29) is 30.3 Å². The number of carbonyl (C=O) groups excluding carboxylic acids is 3. The number of benzene rings is 3. The number of fused-ring (bicyclic) bond motifs is 3. The van der Waals surface area contributed by atoms with Crippen molar-refractivity contribution >= 4 is 29.1 Å². The van der Waals surface area contributed by atoms with Crippen LogP contribution in [0.2, 0.25) is 0 Å². The van der Waals surface area contributed by atoms with Gasteiger partial charge in [-0.15, -0.1) is 0 Å². The lowest BCUT2D eigenvalue weighted by molar-refractivity contribution is -0.128. The lowest BCUT2D eigenvalue weighted by Crippen LogP contribution is -2.68. The van der Waals surface area contributed by atoms with Gasteiger partial charge in [-0.3, -0.25) is 19.3 Å². The summed E-state index contributed by atoms with van der Waals surface area (Å²) in [5.74, 6) is -1.64. The van der Waals surface area contributed by atoms with Gasteiger partial charge in [-0.1, -0.05) is 42.5 Å². The second-order valence-electron chi connectivity index (χ2n) is 7.97. The molecule has 1 unspecified atom stereocenters. The van der Waals surface area contributed by atoms with E-state index in [1.165, 1.54) is 35.0 Å². The Morgan fingerprint density at radius 2 is 1.75 bits per heavy atom. The van der Waals surface area contributed by atoms with E-state index in [0.29, 0.717) is 11.3 Å². The van der Waals surface area contributed by atoms with E-state index in [1.807, 2.05) is 36.4 Å². The van der Waals surface area contributed by atoms with Crippen molar-refractivity contribution < 1.29 is 18.8 Å². The van der Waals surface area contributed by atoms with Crippen LogP contribution in [0.1, 0.15) is 23.2 Å². The first-order valence-electron chi connectivity index (χ1n) is 10.3. The minimum absolute atomic E-state index is 0.114. The first kappa shape index (κ1) is 19.9. The topological polar surface area (TPSA) is 69.7 Å². The van der Waals surface area contributed by atoms with Gasteiger partial charge in [-0.2, -0.15) is 0 Å². The second kappa shape index (κ2) is 7.30. The highest BCUT2D eigenvalue weighted by Crippen LogP contribution is 2.45. The fraction of sp³-hybridized carbons (Fsp3) is 0.160. The molecule has 0 saturated carbocycles. The molecule has 1 fully saturated rings. The molecule has 3 aromatic carbocycles. The lowest BCUT2D eigenvalue weighted by atomic mass is 9.94. The molecule has 0 aromatic heterocycles. The van der Waals surface area contributed by atoms with Gasteiger partial charge in [-0.25, -0.2) is 4.39 Å². The Balaban J connectivity index is 1.63. The van der Waals surface area contributed by atoms with Crippen LogP contribution in [0.25, 0.3) is 11.1 Å². The highest BCUT2D eigenvalue weighted by atomic mass is 19.1. The van der Waals surface area contributed by atoms with E-state index in [4.69, 9.17) is 0 Å². The van der Waals surface area contributed by atoms with E-state index >= 15 is 0 Å². The third-order valence-electron chi connectivity index (χ3n) is 6.19. The van der Waals surface area contributed by atoms with Gasteiger partial charge in [-0.05, 0) is 41.5 Å². The van der Waals surface area contributed by atoms with Gasteiger partial charge in [0.1, 0.15) is 5.82 Å². The number of halogens is 1. The molecule has 5 rings (SSSR count). The number of hydrogen-bond donors (Lipinski definition) is 1. The van der Waals surface area contributed by atoms with Crippen molar-refractivity contribution in [3.05, 3.63) is 84.2 Å². The maximum Gasteiger partial charge on any atom is 0.271 e. The summed E-state index contributed by atoms with van der Waals surface area (Å²) in [6, 6.07) is 20.4. The molecule has 0 aliphatic carbocycles. The van der Waals surface area contributed by atoms with Crippen LogP contribution in [-0.2, 0) is 9.59 Å². The predicted molar refractivity (Wildman–Crippen MR) is 118 cm³/mol. The first-order chi connectivity index (χ1) is 15.4. The summed E-state index contributed by atoms with van der Waals surface area (Å²) in [5, 5.41) is 2.70. The van der Waals surface area contributed by atoms with Crippen LogP contribution in [0.5, 0.6) is 0 Å². The smallest absolute Gasteiger partial charge is 0.271 e. The minimum atomic E-state index is -1.53. The van der Waals surface area contributed by atoms with Gasteiger partial charge >= 0.3 is 0 Å². The summed E-state index contributed by atoms with van der Waals surface area (Å²) < 4.78 is 13.6. The van der Waals surface area contributed by atoms with Gasteiger partial charge in [0, 0.05) is 25.6 Å². The summed E-state index contributed by atoms with van der Waals surface area (Å²) in [4.78, 5) is 42.6. The molecule has 0 bridgehead atoms. The van der Waals surface area contributed by atoms with E-state index in [2.05, 4.69) is 5.32 Å². The molecule has 1 N–H and O–H groups in total. The van der Waals surface area contributed by atoms with E-state index in [0.717, 1.165) is 11.1 Å². The van der Waals surface area contributed by atoms with Crippen molar-refractivity contribution in [2.75, 3.05) is 17.3 Å². The zero-order valence-corrected chi connectivity index (χ0v) is 17.3. The SMILES string of the molecule is CN1C(=O)c2ccc(-c3ccccc3)cc2N2C(=O)CCC12C(=O)Nc1cccc(F)c1. The maximum atomic E-state index is 13.6. The van der Waals surface area contributed by atoms with Crippen molar-refractivity contribution in [3.8, 4) is 11.1 Å². The monoisotopic (exact) mass is 429 g/mol. The predicted octanol–water partition coefficient (Wildman–Crippen LogP) is 4.04. The summed E-state index contributed by atoms with van der Waals surface area (Å²) in [5.41, 5.74) is 1.27. The van der Waals surface area contributed by atoms with Crippen LogP contribution in [0.3, 0.4) is 0 Å². The highest BCUT2D eigenvalue weighted by Gasteiger charge is 2.59. The molecule has 1 atom stereocenters. The van der Waals surface area contributed by atoms with Gasteiger partial charge in [0.25, 0.3) is 11.8 Å². The third kappa shape index (κ3) is 2.89. The first-order valence-corrected chi connectivity index (χ1v) is 10.3. The van der Waals surface area contributed by atoms with Crippen molar-refractivity contribution in [2.45, 2.75) is 18.5 Å². The quantitative estimate of drug-likeness (QED) is 0.683. The van der Waals surface area contributed by atoms with Gasteiger partial charge in [0.15, 0.2) is 0 Å². The summed E-state index contributed by atoms with van der Waals surface area (Å²) >= 11 is 0. The summed E-state index contributed by atoms with van der Waals surface area (Å²) in [7, 11) is 1.52. The Hall–Kier alpha value is -4.00. The average Bonchev–Trinajstić information content (AvgIpc) is 3.16. The van der Waals surface area contributed by atoms with Crippen molar-refractivity contribution in [1.29, 1.82) is 0 Å². The number of amides is 3. The number of anilines is 2. The second-order valence-corrected chi connectivity index (χ2v) is 7.97. The standard InChI is InChI=1S/C25H20FN3O3/c1-28-23(31)20-11-10-17(16-6-3-2-4-7-16)14-21(20)29-22(30)12-13-25(28,29)24(32)27-19-9-5-8-18(26)15-19/h2-11,14-15H,12-13H2,1H3,(H,27,32). The minimum Gasteiger partial charge on any atom is -0.322 e. The van der Waals surface area contributed by atoms with Gasteiger partial charge in [0.05, 0.1) is 11.3 Å². The van der Waals surface area contributed by atoms with E-state index < -0.39 is 17.4 Å². The third-order valence-corrected chi connectivity index (χ3v) is 6.19. The average molecular weight is 429 g/mol. The van der Waals surface area contributed by atoms with Crippen molar-refractivity contribution in [3.63, 3.8) is 0 Å². The fourth-order valence-corrected chi connectivity index (χ4v) is 4.58. The Kier molecular flexibility index (Phi) is 4.55. The van der Waals surface area contributed by atoms with Gasteiger partial charge < -0.3 is 10.2 Å². The Bertz CT molecular complexity index is 1260. The molecule has 2 aliphatic heterocycles. The van der Waals surface area contributed by atoms with Crippen molar-refractivity contribution in [1.82, 2.24) is 4.90 Å². The van der Waals surface area contributed by atoms with E-state index in [9.17, 15) is 18.8 Å². The molecule has 7 heteroatoms. The highest BCUT2D eigenvalue weighted by molar-refractivity contribution is 6.18. The molecule has 3 amide bonds. The number of nitrogens with zero attached hydrogens (tertiary/aromatic N) is 2. The molecule has 1 saturated heterocycles. The molecule has 0 radical (unpaired) electrons. The number of hydrogen-bond acceptors (Lipinski definition) is 3. The fourth-order valence-electron chi connectivity index (χ4n) is 4.58. The van der Waals surface area contributed by atoms with Crippen LogP contribution < -0.4 is 10.2 Å². The maximum absolute atomic E-state index is 13.6. The number of rotatable bonds is 3. The summed E-state index contributed by atoms with van der Waals surface area (Å²) in [6.07, 6.45) is 0.257. The van der Waals surface area contributed by atoms with Crippen LogP contribution in [0.4, 0.5) is 15.8 Å². The Labute approximate surface area is 184 Å². The molecule has 2 aliphatic rings. The zero-order chi connectivity index (χ0) is 22.5. The Morgan fingerprint density at radius 3 is 2.50 bits per heavy atom. The normalized spacial score (nSPS) is 19.6. The largest absolute Gasteiger partial charge is 0.322 e. The molecule has 32 heavy (non-hydrogen) atoms. The molecule has 160 valence electrons. The van der Waals surface area contributed by atoms with Crippen LogP contribution in [0.15, 0.2) is 72.8 Å². The van der Waals surface area contributed by atoms with Crippen molar-refractivity contribution in [2.24, 2.45) is 0 Å². The number of carbonyl (C=O) groups is 3. The lowest BCUT2D eigenvalue weighted by Gasteiger charge is -2.47. The summed E-state index contributed by atoms with van der Waals surface area (Å²) in [6.45, 7) is 0. The zero-order valence-electron chi connectivity index (χ0n) is 17.3. The van der Waals surface area contributed by atoms with Crippen LogP contribution in [-0.4, -0.2) is 35.3 Å². The van der Waals surface area contributed by atoms with E-state index in [1.54, 1.807) is 18.2 Å². The number of likely N-dealkylation sites (N-methyl/N-ethyl adjacent to an activating group) is 1.